The van der Waals surface area contributed by atoms with Crippen LogP contribution in [0.15, 0.2) is 59.3 Å². The first-order valence-electron chi connectivity index (χ1n) is 6.66. The summed E-state index contributed by atoms with van der Waals surface area (Å²) in [5, 5.41) is 11.0. The van der Waals surface area contributed by atoms with Gasteiger partial charge in [0.15, 0.2) is 0 Å². The van der Waals surface area contributed by atoms with Crippen molar-refractivity contribution in [1.82, 2.24) is 20.2 Å². The summed E-state index contributed by atoms with van der Waals surface area (Å²) in [4.78, 5) is 0. The highest BCUT2D eigenvalue weighted by atomic mass is 79.9. The molecule has 1 aromatic heterocycles. The number of benzene rings is 2. The highest BCUT2D eigenvalue weighted by Crippen LogP contribution is 2.17. The summed E-state index contributed by atoms with van der Waals surface area (Å²) in [7, 11) is 0. The van der Waals surface area contributed by atoms with Crippen molar-refractivity contribution >= 4 is 15.9 Å². The maximum Gasteiger partial charge on any atom is 0.143 e. The molecule has 112 valence electrons. The summed E-state index contributed by atoms with van der Waals surface area (Å²) >= 11 is 3.38. The van der Waals surface area contributed by atoms with Crippen molar-refractivity contribution in [3.05, 3.63) is 59.3 Å². The molecule has 0 N–H and O–H groups in total. The Kier molecular flexibility index (Phi) is 4.65. The van der Waals surface area contributed by atoms with Gasteiger partial charge in [0, 0.05) is 4.47 Å². The fourth-order valence-corrected chi connectivity index (χ4v) is 2.09. The molecule has 0 unspecified atom stereocenters. The number of nitrogens with zero attached hydrogens (tertiary/aromatic N) is 4. The minimum Gasteiger partial charge on any atom is -0.490 e. The molecule has 0 bridgehead atoms. The average molecular weight is 361 g/mol. The molecule has 0 fully saturated rings. The smallest absolute Gasteiger partial charge is 0.143 e. The monoisotopic (exact) mass is 360 g/mol. The SMILES string of the molecule is Brc1ccc(OCCOc2ccc(-n3cnnn3)cc2)cc1. The minimum absolute atomic E-state index is 0.473. The third-order valence-electron chi connectivity index (χ3n) is 2.88. The maximum absolute atomic E-state index is 5.63. The van der Waals surface area contributed by atoms with Crippen LogP contribution in [-0.2, 0) is 0 Å². The molecule has 1 heterocycles. The third kappa shape index (κ3) is 3.82. The van der Waals surface area contributed by atoms with Gasteiger partial charge in [-0.05, 0) is 59.0 Å². The molecule has 0 saturated heterocycles. The fraction of sp³-hybridized carbons (Fsp3) is 0.133. The zero-order valence-electron chi connectivity index (χ0n) is 11.6. The second-order valence-corrected chi connectivity index (χ2v) is 5.31. The lowest BCUT2D eigenvalue weighted by molar-refractivity contribution is 0.217. The third-order valence-corrected chi connectivity index (χ3v) is 3.41. The Hall–Kier alpha value is -2.41. The summed E-state index contributed by atoms with van der Waals surface area (Å²) in [6.07, 6.45) is 1.54. The van der Waals surface area contributed by atoms with Crippen LogP contribution in [0.3, 0.4) is 0 Å². The van der Waals surface area contributed by atoms with Gasteiger partial charge in [-0.3, -0.25) is 0 Å². The van der Waals surface area contributed by atoms with Crippen LogP contribution in [0.1, 0.15) is 0 Å². The van der Waals surface area contributed by atoms with Crippen molar-refractivity contribution in [2.45, 2.75) is 0 Å². The minimum atomic E-state index is 0.473. The Morgan fingerprint density at radius 1 is 0.864 bits per heavy atom. The standard InChI is InChI=1S/C15H13BrN4O2/c16-12-1-5-14(6-2-12)21-9-10-22-15-7-3-13(4-8-15)20-11-17-18-19-20/h1-8,11H,9-10H2. The second-order valence-electron chi connectivity index (χ2n) is 4.40. The van der Waals surface area contributed by atoms with Crippen molar-refractivity contribution in [2.75, 3.05) is 13.2 Å². The van der Waals surface area contributed by atoms with E-state index in [1.165, 1.54) is 0 Å². The lowest BCUT2D eigenvalue weighted by atomic mass is 10.3. The molecule has 2 aromatic carbocycles. The zero-order chi connectivity index (χ0) is 15.2. The number of rotatable bonds is 6. The summed E-state index contributed by atoms with van der Waals surface area (Å²) < 4.78 is 13.8. The van der Waals surface area contributed by atoms with Crippen LogP contribution in [0.25, 0.3) is 5.69 Å². The lowest BCUT2D eigenvalue weighted by Crippen LogP contribution is -2.09. The van der Waals surface area contributed by atoms with Crippen LogP contribution in [0.4, 0.5) is 0 Å². The van der Waals surface area contributed by atoms with E-state index in [0.29, 0.717) is 13.2 Å². The largest absolute Gasteiger partial charge is 0.490 e. The summed E-state index contributed by atoms with van der Waals surface area (Å²) in [6, 6.07) is 15.2. The molecule has 0 aliphatic heterocycles. The molecule has 0 spiro atoms. The van der Waals surface area contributed by atoms with Gasteiger partial charge in [0.1, 0.15) is 31.0 Å². The normalized spacial score (nSPS) is 10.4. The van der Waals surface area contributed by atoms with E-state index >= 15 is 0 Å². The highest BCUT2D eigenvalue weighted by Gasteiger charge is 1.99. The molecule has 0 aliphatic carbocycles. The zero-order valence-corrected chi connectivity index (χ0v) is 13.2. The van der Waals surface area contributed by atoms with Crippen molar-refractivity contribution in [1.29, 1.82) is 0 Å². The molecule has 0 aliphatic rings. The van der Waals surface area contributed by atoms with Crippen molar-refractivity contribution < 1.29 is 9.47 Å². The number of hydrogen-bond acceptors (Lipinski definition) is 5. The van der Waals surface area contributed by atoms with Crippen molar-refractivity contribution in [3.8, 4) is 17.2 Å². The topological polar surface area (TPSA) is 62.1 Å². The van der Waals surface area contributed by atoms with Gasteiger partial charge < -0.3 is 9.47 Å². The molecule has 22 heavy (non-hydrogen) atoms. The van der Waals surface area contributed by atoms with E-state index in [-0.39, 0.29) is 0 Å². The Morgan fingerprint density at radius 3 is 2.00 bits per heavy atom. The van der Waals surface area contributed by atoms with E-state index in [2.05, 4.69) is 31.5 Å². The van der Waals surface area contributed by atoms with E-state index in [0.717, 1.165) is 21.7 Å². The first kappa shape index (κ1) is 14.5. The molecule has 0 radical (unpaired) electrons. The predicted molar refractivity (Wildman–Crippen MR) is 84.3 cm³/mol. The first-order valence-corrected chi connectivity index (χ1v) is 7.45. The summed E-state index contributed by atoms with van der Waals surface area (Å²) in [5.74, 6) is 1.59. The molecular weight excluding hydrogens is 348 g/mol. The quantitative estimate of drug-likeness (QED) is 0.632. The van der Waals surface area contributed by atoms with Crippen LogP contribution >= 0.6 is 15.9 Å². The van der Waals surface area contributed by atoms with Crippen LogP contribution < -0.4 is 9.47 Å². The maximum atomic E-state index is 5.63. The number of halogens is 1. The van der Waals surface area contributed by atoms with Gasteiger partial charge in [-0.1, -0.05) is 15.9 Å². The van der Waals surface area contributed by atoms with Crippen LogP contribution in [-0.4, -0.2) is 33.4 Å². The van der Waals surface area contributed by atoms with Crippen LogP contribution in [0, 0.1) is 0 Å². The lowest BCUT2D eigenvalue weighted by Gasteiger charge is -2.09. The van der Waals surface area contributed by atoms with Gasteiger partial charge in [0.25, 0.3) is 0 Å². The fourth-order valence-electron chi connectivity index (χ4n) is 1.82. The Balaban J connectivity index is 1.46. The molecule has 0 saturated carbocycles. The molecule has 6 nitrogen and oxygen atoms in total. The Labute approximate surface area is 135 Å². The Morgan fingerprint density at radius 2 is 1.45 bits per heavy atom. The van der Waals surface area contributed by atoms with E-state index in [4.69, 9.17) is 9.47 Å². The van der Waals surface area contributed by atoms with Gasteiger partial charge in [-0.15, -0.1) is 5.10 Å². The van der Waals surface area contributed by atoms with Crippen LogP contribution in [0.5, 0.6) is 11.5 Å². The number of ether oxygens (including phenoxy) is 2. The van der Waals surface area contributed by atoms with E-state index in [1.807, 2.05) is 48.5 Å². The van der Waals surface area contributed by atoms with Crippen molar-refractivity contribution in [3.63, 3.8) is 0 Å². The Bertz CT molecular complexity index is 699. The molecule has 7 heteroatoms. The molecule has 3 rings (SSSR count). The summed E-state index contributed by atoms with van der Waals surface area (Å²) in [5.41, 5.74) is 0.878. The first-order chi connectivity index (χ1) is 10.8. The van der Waals surface area contributed by atoms with Gasteiger partial charge >= 0.3 is 0 Å². The highest BCUT2D eigenvalue weighted by molar-refractivity contribution is 9.10. The second kappa shape index (κ2) is 7.04. The number of aromatic nitrogens is 4. The number of hydrogen-bond donors (Lipinski definition) is 0. The molecular formula is C15H13BrN4O2. The molecule has 3 aromatic rings. The molecule has 0 atom stereocenters. The van der Waals surface area contributed by atoms with Gasteiger partial charge in [-0.25, -0.2) is 4.68 Å². The molecule has 0 amide bonds. The predicted octanol–water partition coefficient (Wildman–Crippen LogP) is 2.88. The van der Waals surface area contributed by atoms with Gasteiger partial charge in [0.05, 0.1) is 5.69 Å². The van der Waals surface area contributed by atoms with E-state index in [1.54, 1.807) is 11.0 Å². The number of tetrazole rings is 1. The van der Waals surface area contributed by atoms with E-state index < -0.39 is 0 Å². The van der Waals surface area contributed by atoms with Gasteiger partial charge in [0.2, 0.25) is 0 Å². The van der Waals surface area contributed by atoms with Gasteiger partial charge in [-0.2, -0.15) is 0 Å². The van der Waals surface area contributed by atoms with Crippen LogP contribution in [0.2, 0.25) is 0 Å². The van der Waals surface area contributed by atoms with Crippen molar-refractivity contribution in [2.24, 2.45) is 0 Å². The summed E-state index contributed by atoms with van der Waals surface area (Å²) in [6.45, 7) is 0.955. The van der Waals surface area contributed by atoms with E-state index in [9.17, 15) is 0 Å². The average Bonchev–Trinajstić information content (AvgIpc) is 3.08.